The molecule has 102 valence electrons. The molecule has 0 saturated heterocycles. The Hall–Kier alpha value is -2.22. The lowest BCUT2D eigenvalue weighted by Crippen LogP contribution is -2.37. The van der Waals surface area contributed by atoms with Gasteiger partial charge in [0.1, 0.15) is 16.9 Å². The molecule has 2 N–H and O–H groups in total. The number of carbonyl (C=O) groups is 2. The number of pyridine rings is 1. The maximum Gasteiger partial charge on any atom is 0.300 e. The smallest absolute Gasteiger partial charge is 0.300 e. The van der Waals surface area contributed by atoms with Crippen LogP contribution < -0.4 is 10.6 Å². The molecule has 9 heteroatoms. The third-order valence-electron chi connectivity index (χ3n) is 2.07. The van der Waals surface area contributed by atoms with Gasteiger partial charge in [0, 0.05) is 6.54 Å². The van der Waals surface area contributed by atoms with E-state index in [0.717, 1.165) is 12.3 Å². The first-order valence-corrected chi connectivity index (χ1v) is 5.68. The van der Waals surface area contributed by atoms with E-state index in [1.807, 2.05) is 0 Å². The van der Waals surface area contributed by atoms with Crippen molar-refractivity contribution in [3.05, 3.63) is 33.1 Å². The normalized spacial score (nSPS) is 9.79. The summed E-state index contributed by atoms with van der Waals surface area (Å²) in [5, 5.41) is 15.4. The van der Waals surface area contributed by atoms with Gasteiger partial charge in [-0.25, -0.2) is 4.98 Å². The molecule has 0 bridgehead atoms. The van der Waals surface area contributed by atoms with Crippen LogP contribution in [0.25, 0.3) is 0 Å². The van der Waals surface area contributed by atoms with Crippen molar-refractivity contribution in [3.8, 4) is 0 Å². The molecule has 0 aromatic carbocycles. The van der Waals surface area contributed by atoms with Crippen LogP contribution in [0.1, 0.15) is 17.3 Å². The van der Waals surface area contributed by atoms with E-state index < -0.39 is 22.4 Å². The predicted molar refractivity (Wildman–Crippen MR) is 66.9 cm³/mol. The summed E-state index contributed by atoms with van der Waals surface area (Å²) in [6.45, 7) is 1.88. The van der Waals surface area contributed by atoms with Crippen LogP contribution >= 0.6 is 11.6 Å². The average Bonchev–Trinajstić information content (AvgIpc) is 2.35. The zero-order valence-electron chi connectivity index (χ0n) is 9.97. The third-order valence-corrected chi connectivity index (χ3v) is 2.28. The van der Waals surface area contributed by atoms with Crippen molar-refractivity contribution in [2.45, 2.75) is 6.92 Å². The van der Waals surface area contributed by atoms with Gasteiger partial charge in [0.25, 0.3) is 11.6 Å². The summed E-state index contributed by atoms with van der Waals surface area (Å²) in [7, 11) is 0. The van der Waals surface area contributed by atoms with E-state index >= 15 is 0 Å². The number of rotatable bonds is 5. The quantitative estimate of drug-likeness (QED) is 0.465. The van der Waals surface area contributed by atoms with Crippen LogP contribution in [0.5, 0.6) is 0 Å². The highest BCUT2D eigenvalue weighted by atomic mass is 35.5. The van der Waals surface area contributed by atoms with Crippen molar-refractivity contribution in [2.75, 3.05) is 13.1 Å². The summed E-state index contributed by atoms with van der Waals surface area (Å²) in [5.41, 5.74) is -0.716. The monoisotopic (exact) mass is 286 g/mol. The van der Waals surface area contributed by atoms with Gasteiger partial charge in [-0.05, 0) is 13.0 Å². The number of nitrogens with zero attached hydrogens (tertiary/aromatic N) is 2. The molecule has 0 atom stereocenters. The van der Waals surface area contributed by atoms with E-state index in [-0.39, 0.29) is 17.3 Å². The van der Waals surface area contributed by atoms with Crippen molar-refractivity contribution < 1.29 is 14.5 Å². The maximum absolute atomic E-state index is 11.7. The molecule has 19 heavy (non-hydrogen) atoms. The third kappa shape index (κ3) is 4.18. The lowest BCUT2D eigenvalue weighted by atomic mass is 10.2. The topological polar surface area (TPSA) is 114 Å². The molecule has 1 aromatic heterocycles. The van der Waals surface area contributed by atoms with Crippen molar-refractivity contribution in [1.82, 2.24) is 15.6 Å². The Morgan fingerprint density at radius 3 is 2.74 bits per heavy atom. The number of aromatic nitrogens is 1. The average molecular weight is 287 g/mol. The van der Waals surface area contributed by atoms with E-state index in [2.05, 4.69) is 15.6 Å². The number of nitrogens with one attached hydrogen (secondary N) is 2. The van der Waals surface area contributed by atoms with Gasteiger partial charge in [-0.15, -0.1) is 0 Å². The molecule has 0 aliphatic rings. The van der Waals surface area contributed by atoms with Gasteiger partial charge in [0.15, 0.2) is 0 Å². The van der Waals surface area contributed by atoms with Crippen LogP contribution in [0.3, 0.4) is 0 Å². The van der Waals surface area contributed by atoms with Crippen LogP contribution in [0.15, 0.2) is 12.3 Å². The van der Waals surface area contributed by atoms with Gasteiger partial charge in [-0.3, -0.25) is 19.7 Å². The summed E-state index contributed by atoms with van der Waals surface area (Å²) in [4.78, 5) is 36.4. The molecule has 0 unspecified atom stereocenters. The number of nitro groups is 1. The molecule has 0 aliphatic heterocycles. The molecule has 2 amide bonds. The second kappa shape index (κ2) is 6.64. The van der Waals surface area contributed by atoms with E-state index in [1.165, 1.54) is 0 Å². The van der Waals surface area contributed by atoms with E-state index in [9.17, 15) is 19.7 Å². The molecule has 0 spiro atoms. The largest absolute Gasteiger partial charge is 0.355 e. The van der Waals surface area contributed by atoms with E-state index in [0.29, 0.717) is 6.54 Å². The molecule has 0 radical (unpaired) electrons. The highest BCUT2D eigenvalue weighted by molar-refractivity contribution is 6.29. The number of amides is 2. The Labute approximate surface area is 113 Å². The molecular weight excluding hydrogens is 276 g/mol. The molecule has 1 rings (SSSR count). The van der Waals surface area contributed by atoms with Gasteiger partial charge in [0.05, 0.1) is 11.5 Å². The number of carbonyl (C=O) groups excluding carboxylic acids is 2. The van der Waals surface area contributed by atoms with Crippen molar-refractivity contribution in [1.29, 1.82) is 0 Å². The zero-order valence-corrected chi connectivity index (χ0v) is 10.7. The predicted octanol–water partition coefficient (Wildman–Crippen LogP) is 0.509. The molecule has 0 saturated carbocycles. The minimum Gasteiger partial charge on any atom is -0.355 e. The Bertz CT molecular complexity index is 520. The number of hydrogen-bond acceptors (Lipinski definition) is 5. The highest BCUT2D eigenvalue weighted by Gasteiger charge is 2.21. The molecule has 0 fully saturated rings. The standard InChI is InChI=1S/C10H11ClN4O4/c1-2-12-9(16)5-14-10(17)6-3-8(11)13-4-7(6)15(18)19/h3-4H,2,5H2,1H3,(H,12,16)(H,14,17). The first-order chi connectivity index (χ1) is 8.95. The Morgan fingerprint density at radius 2 is 2.16 bits per heavy atom. The van der Waals surface area contributed by atoms with Gasteiger partial charge in [-0.1, -0.05) is 11.6 Å². The fraction of sp³-hybridized carbons (Fsp3) is 0.300. The molecular formula is C10H11ClN4O4. The molecule has 1 aromatic rings. The summed E-state index contributed by atoms with van der Waals surface area (Å²) in [5.74, 6) is -1.15. The second-order valence-electron chi connectivity index (χ2n) is 3.42. The van der Waals surface area contributed by atoms with E-state index in [4.69, 9.17) is 11.6 Å². The summed E-state index contributed by atoms with van der Waals surface area (Å²) in [6, 6.07) is 1.08. The fourth-order valence-electron chi connectivity index (χ4n) is 1.27. The van der Waals surface area contributed by atoms with Crippen molar-refractivity contribution in [3.63, 3.8) is 0 Å². The second-order valence-corrected chi connectivity index (χ2v) is 3.80. The number of halogens is 1. The van der Waals surface area contributed by atoms with Gasteiger partial charge in [-0.2, -0.15) is 0 Å². The SMILES string of the molecule is CCNC(=O)CNC(=O)c1cc(Cl)ncc1[N+](=O)[O-]. The van der Waals surface area contributed by atoms with Crippen molar-refractivity contribution in [2.24, 2.45) is 0 Å². The van der Waals surface area contributed by atoms with E-state index in [1.54, 1.807) is 6.92 Å². The van der Waals surface area contributed by atoms with Gasteiger partial charge in [0.2, 0.25) is 5.91 Å². The Kier molecular flexibility index (Phi) is 5.19. The molecule has 8 nitrogen and oxygen atoms in total. The highest BCUT2D eigenvalue weighted by Crippen LogP contribution is 2.19. The molecule has 1 heterocycles. The lowest BCUT2D eigenvalue weighted by Gasteiger charge is -2.06. The van der Waals surface area contributed by atoms with Crippen LogP contribution in [-0.2, 0) is 4.79 Å². The number of hydrogen-bond donors (Lipinski definition) is 2. The number of likely N-dealkylation sites (N-methyl/N-ethyl adjacent to an activating group) is 1. The van der Waals surface area contributed by atoms with Crippen LogP contribution in [0, 0.1) is 10.1 Å². The minimum atomic E-state index is -0.762. The van der Waals surface area contributed by atoms with Crippen molar-refractivity contribution >= 4 is 29.1 Å². The minimum absolute atomic E-state index is 0.0474. The first kappa shape index (κ1) is 14.8. The Morgan fingerprint density at radius 1 is 1.47 bits per heavy atom. The summed E-state index contributed by atoms with van der Waals surface area (Å²) < 4.78 is 0. The first-order valence-electron chi connectivity index (χ1n) is 5.30. The molecule has 0 aliphatic carbocycles. The van der Waals surface area contributed by atoms with Crippen LogP contribution in [0.2, 0.25) is 5.15 Å². The summed E-state index contributed by atoms with van der Waals surface area (Å²) in [6.07, 6.45) is 0.892. The van der Waals surface area contributed by atoms with Crippen LogP contribution in [0.4, 0.5) is 5.69 Å². The summed E-state index contributed by atoms with van der Waals surface area (Å²) >= 11 is 5.59. The maximum atomic E-state index is 11.7. The van der Waals surface area contributed by atoms with Gasteiger partial charge < -0.3 is 10.6 Å². The Balaban J connectivity index is 2.84. The lowest BCUT2D eigenvalue weighted by molar-refractivity contribution is -0.385. The fourth-order valence-corrected chi connectivity index (χ4v) is 1.42. The van der Waals surface area contributed by atoms with Crippen LogP contribution in [-0.4, -0.2) is 34.8 Å². The van der Waals surface area contributed by atoms with Gasteiger partial charge >= 0.3 is 0 Å². The zero-order chi connectivity index (χ0) is 14.4.